The molecule has 327 valence electrons. The molecule has 0 spiro atoms. The van der Waals surface area contributed by atoms with Crippen molar-refractivity contribution >= 4 is 28.6 Å². The number of nitriles is 2. The number of aryl methyl sites for hydroxylation is 2. The number of aromatic nitrogens is 3. The minimum absolute atomic E-state index is 0. The second kappa shape index (κ2) is 22.3. The first-order valence-electron chi connectivity index (χ1n) is 22.4. The fourth-order valence-electron chi connectivity index (χ4n) is 9.23. The maximum absolute atomic E-state index is 9.88. The number of fused-ring (bicyclic) bond motifs is 1. The Bertz CT molecular complexity index is 2620. The Morgan fingerprint density at radius 2 is 1.38 bits per heavy atom. The van der Waals surface area contributed by atoms with Gasteiger partial charge in [0.2, 0.25) is 5.69 Å². The Labute approximate surface area is 397 Å². The van der Waals surface area contributed by atoms with Gasteiger partial charge in [-0.15, -0.1) is 29.4 Å². The number of hydrogen-bond donors (Lipinski definition) is 0. The van der Waals surface area contributed by atoms with Gasteiger partial charge in [0.15, 0.2) is 5.69 Å². The maximum Gasteiger partial charge on any atom is 0.236 e. The second-order valence-corrected chi connectivity index (χ2v) is 16.9. The summed E-state index contributed by atoms with van der Waals surface area (Å²) in [7, 11) is 2.02. The average molecular weight is 1030 g/mol. The van der Waals surface area contributed by atoms with Gasteiger partial charge in [0.1, 0.15) is 12.4 Å². The number of benzene rings is 3. The van der Waals surface area contributed by atoms with Crippen molar-refractivity contribution in [2.45, 2.75) is 102 Å². The first-order valence-corrected chi connectivity index (χ1v) is 22.4. The molecule has 0 atom stereocenters. The molecule has 0 saturated heterocycles. The van der Waals surface area contributed by atoms with Crippen LogP contribution in [-0.4, -0.2) is 22.0 Å². The van der Waals surface area contributed by atoms with Crippen molar-refractivity contribution in [3.63, 3.8) is 0 Å². The third-order valence-electron chi connectivity index (χ3n) is 12.5. The van der Waals surface area contributed by atoms with Crippen molar-refractivity contribution in [1.82, 2.24) is 15.0 Å². The molecule has 6 aromatic rings. The molecule has 3 aromatic heterocycles. The molecule has 4 heterocycles. The van der Waals surface area contributed by atoms with E-state index in [-0.39, 0.29) is 20.1 Å². The largest absolute Gasteiger partial charge is 0.502 e. The summed E-state index contributed by atoms with van der Waals surface area (Å²) in [5.41, 5.74) is 11.3. The Hall–Kier alpha value is -6.68. The van der Waals surface area contributed by atoms with E-state index >= 15 is 0 Å². The summed E-state index contributed by atoms with van der Waals surface area (Å²) in [6.45, 7) is 17.1. The zero-order valence-electron chi connectivity index (χ0n) is 36.7. The minimum Gasteiger partial charge on any atom is -0.502 e. The monoisotopic (exact) mass is 1030 g/mol. The summed E-state index contributed by atoms with van der Waals surface area (Å²) in [5.74, 6) is 1.95. The molecule has 2 fully saturated rings. The average Bonchev–Trinajstić information content (AvgIpc) is 3.71. The topological polar surface area (TPSA) is 101 Å². The summed E-state index contributed by atoms with van der Waals surface area (Å²) >= 11 is 0. The molecular formula is C55H49IrN9-4. The van der Waals surface area contributed by atoms with E-state index in [0.29, 0.717) is 45.5 Å². The molecule has 2 saturated carbocycles. The van der Waals surface area contributed by atoms with Gasteiger partial charge < -0.3 is 19.8 Å². The summed E-state index contributed by atoms with van der Waals surface area (Å²) in [6, 6.07) is 41.2. The van der Waals surface area contributed by atoms with Gasteiger partial charge >= 0.3 is 0 Å². The van der Waals surface area contributed by atoms with Crippen LogP contribution in [0, 0.1) is 60.7 Å². The molecule has 10 heteroatoms. The number of unbranched alkanes of at least 4 members (excludes halogenated alkanes) is 1. The van der Waals surface area contributed by atoms with Crippen LogP contribution in [0.5, 0.6) is 0 Å². The number of pyridine rings is 3. The van der Waals surface area contributed by atoms with E-state index in [9.17, 15) is 10.5 Å². The molecule has 0 N–H and O–H groups in total. The number of nitrogens with zero attached hydrogens (tertiary/aromatic N) is 9. The molecule has 9 nitrogen and oxygen atoms in total. The third-order valence-corrected chi connectivity index (χ3v) is 12.5. The smallest absolute Gasteiger partial charge is 0.236 e. The van der Waals surface area contributed by atoms with Crippen molar-refractivity contribution in [1.29, 1.82) is 10.5 Å². The molecular weight excluding hydrogens is 979 g/mol. The fourth-order valence-corrected chi connectivity index (χ4v) is 9.23. The van der Waals surface area contributed by atoms with Crippen LogP contribution in [0.25, 0.3) is 32.2 Å². The van der Waals surface area contributed by atoms with E-state index in [1.54, 1.807) is 24.3 Å². The molecule has 2 aliphatic carbocycles. The van der Waals surface area contributed by atoms with Gasteiger partial charge in [-0.2, -0.15) is 41.8 Å². The van der Waals surface area contributed by atoms with Crippen LogP contribution in [-0.2, 0) is 32.9 Å². The third kappa shape index (κ3) is 11.2. The van der Waals surface area contributed by atoms with Gasteiger partial charge in [-0.25, -0.2) is 20.4 Å². The van der Waals surface area contributed by atoms with Crippen molar-refractivity contribution in [2.75, 3.05) is 16.8 Å². The maximum atomic E-state index is 9.88. The number of anilines is 3. The normalized spacial score (nSPS) is 14.7. The summed E-state index contributed by atoms with van der Waals surface area (Å²) in [5, 5.41) is 19.2. The van der Waals surface area contributed by atoms with Crippen LogP contribution < -0.4 is 9.80 Å². The standard InChI is InChI=1S/C42H38N6.C13H11N3.Ir/c1-45-35-18-20-38(34(24-35)28-44)41-25-32(30-11-5-3-6-12-30)22-36(47-41)15-9-10-16-37-23-33(31-13-7-4-8-14-31)26-42(48-37)39-19-17-29(27-43)21-40(39)46-2;1-15-10-16(11-6-3-2-4-7-11)13-12(15)8-5-9-14-13;/h17-18,21-26,30-31H,3-16H2;2-6,8-10H,1H3;/q2*-2;. The molecule has 0 amide bonds. The molecule has 0 bridgehead atoms. The van der Waals surface area contributed by atoms with Gasteiger partial charge in [-0.1, -0.05) is 79.5 Å². The molecule has 1 aliphatic heterocycles. The Morgan fingerprint density at radius 1 is 0.738 bits per heavy atom. The van der Waals surface area contributed by atoms with E-state index in [2.05, 4.69) is 80.2 Å². The van der Waals surface area contributed by atoms with Crippen LogP contribution in [0.15, 0.2) is 91.1 Å². The molecule has 9 rings (SSSR count). The predicted octanol–water partition coefficient (Wildman–Crippen LogP) is 13.5. The first kappa shape index (κ1) is 46.3. The van der Waals surface area contributed by atoms with Crippen LogP contribution in [0.1, 0.15) is 123 Å². The van der Waals surface area contributed by atoms with E-state index in [1.807, 2.05) is 55.1 Å². The molecule has 3 aromatic carbocycles. The molecule has 0 unspecified atom stereocenters. The van der Waals surface area contributed by atoms with E-state index in [1.165, 1.54) is 75.3 Å². The Morgan fingerprint density at radius 3 is 1.97 bits per heavy atom. The quantitative estimate of drug-likeness (QED) is 0.0995. The summed E-state index contributed by atoms with van der Waals surface area (Å²) in [6.07, 6.45) is 17.5. The van der Waals surface area contributed by atoms with Crippen LogP contribution in [0.3, 0.4) is 0 Å². The van der Waals surface area contributed by atoms with Crippen LogP contribution in [0.2, 0.25) is 0 Å². The number of para-hydroxylation sites is 1. The van der Waals surface area contributed by atoms with Crippen LogP contribution >= 0.6 is 0 Å². The van der Waals surface area contributed by atoms with Gasteiger partial charge in [-0.3, -0.25) is 0 Å². The fraction of sp³-hybridized carbons (Fsp3) is 0.309. The zero-order chi connectivity index (χ0) is 44.3. The zero-order valence-corrected chi connectivity index (χ0v) is 39.0. The second-order valence-electron chi connectivity index (χ2n) is 16.9. The van der Waals surface area contributed by atoms with Crippen molar-refractivity contribution in [2.24, 2.45) is 0 Å². The Kier molecular flexibility index (Phi) is 15.9. The summed E-state index contributed by atoms with van der Waals surface area (Å²) < 4.78 is 0. The minimum atomic E-state index is 0. The van der Waals surface area contributed by atoms with Gasteiger partial charge in [-0.05, 0) is 123 Å². The van der Waals surface area contributed by atoms with Crippen molar-refractivity contribution < 1.29 is 20.1 Å². The van der Waals surface area contributed by atoms with Crippen molar-refractivity contribution in [3.8, 4) is 34.7 Å². The van der Waals surface area contributed by atoms with Crippen LogP contribution in [0.4, 0.5) is 28.6 Å². The van der Waals surface area contributed by atoms with Gasteiger partial charge in [0.25, 0.3) is 0 Å². The van der Waals surface area contributed by atoms with Crippen molar-refractivity contribution in [3.05, 3.63) is 172 Å². The van der Waals surface area contributed by atoms with E-state index < -0.39 is 0 Å². The molecule has 3 aliphatic rings. The molecule has 1 radical (unpaired) electrons. The van der Waals surface area contributed by atoms with E-state index in [0.717, 1.165) is 65.7 Å². The number of hydrogen-bond acceptors (Lipinski definition) is 7. The number of rotatable bonds is 10. The first-order chi connectivity index (χ1) is 31.4. The molecule has 65 heavy (non-hydrogen) atoms. The van der Waals surface area contributed by atoms with Gasteiger partial charge in [0, 0.05) is 55.5 Å². The SMILES string of the molecule is CN1[CH-]N(c2[c-]cccc2)c2ncccc21.[C-]#[N+]c1c[c-]c(-c2cc(C3CCCCC3)cc(CCCCc3cc(C4CCCCC4)cc(-c4[c-]cc(C#N)cc4[N+]#[C-])n3)n2)c(C#N)c1.[Ir]. The van der Waals surface area contributed by atoms with Gasteiger partial charge in [0.05, 0.1) is 6.57 Å². The summed E-state index contributed by atoms with van der Waals surface area (Å²) in [4.78, 5) is 25.8. The van der Waals surface area contributed by atoms with E-state index in [4.69, 9.17) is 23.1 Å². The predicted molar refractivity (Wildman–Crippen MR) is 252 cm³/mol. The Balaban J connectivity index is 0.000000309.